The van der Waals surface area contributed by atoms with E-state index < -0.39 is 0 Å². The van der Waals surface area contributed by atoms with Crippen molar-refractivity contribution < 1.29 is 0 Å². The molecule has 0 saturated heterocycles. The number of nitrogens with one attached hydrogen (secondary N) is 1. The molecule has 2 unspecified atom stereocenters. The fourth-order valence-electron chi connectivity index (χ4n) is 2.76. The van der Waals surface area contributed by atoms with Crippen LogP contribution in [0.2, 0.25) is 0 Å². The maximum Gasteiger partial charge on any atom is 0.0246 e. The van der Waals surface area contributed by atoms with Gasteiger partial charge in [0.05, 0.1) is 0 Å². The highest BCUT2D eigenvalue weighted by atomic mass is 14.9. The molecule has 1 heteroatoms. The van der Waals surface area contributed by atoms with Crippen molar-refractivity contribution in [2.45, 2.75) is 52.5 Å². The topological polar surface area (TPSA) is 12.0 Å². The molecule has 0 amide bonds. The summed E-state index contributed by atoms with van der Waals surface area (Å²) in [7, 11) is 2.07. The van der Waals surface area contributed by atoms with Crippen LogP contribution in [0.1, 0.15) is 46.5 Å². The zero-order chi connectivity index (χ0) is 10.6. The standard InChI is InChI=1S/C13H23N/c1-5-6-9-12(14-4)11-8-7-10-13(11,2)3/h11-12,14H,7-10H2,1-4H3. The van der Waals surface area contributed by atoms with Crippen molar-refractivity contribution in [3.05, 3.63) is 0 Å². The maximum absolute atomic E-state index is 3.43. The van der Waals surface area contributed by atoms with E-state index >= 15 is 0 Å². The van der Waals surface area contributed by atoms with Gasteiger partial charge < -0.3 is 5.32 Å². The van der Waals surface area contributed by atoms with Crippen LogP contribution in [0.4, 0.5) is 0 Å². The molecule has 2 atom stereocenters. The second-order valence-corrected chi connectivity index (χ2v) is 5.01. The Morgan fingerprint density at radius 2 is 2.21 bits per heavy atom. The Labute approximate surface area is 88.7 Å². The van der Waals surface area contributed by atoms with E-state index in [-0.39, 0.29) is 0 Å². The third-order valence-electron chi connectivity index (χ3n) is 3.70. The van der Waals surface area contributed by atoms with Crippen molar-refractivity contribution in [2.24, 2.45) is 11.3 Å². The van der Waals surface area contributed by atoms with Crippen LogP contribution >= 0.6 is 0 Å². The summed E-state index contributed by atoms with van der Waals surface area (Å²) in [5, 5.41) is 3.43. The molecule has 0 aromatic carbocycles. The Kier molecular flexibility index (Phi) is 4.01. The summed E-state index contributed by atoms with van der Waals surface area (Å²) in [4.78, 5) is 0. The number of rotatable bonds is 3. The van der Waals surface area contributed by atoms with Gasteiger partial charge in [-0.3, -0.25) is 0 Å². The summed E-state index contributed by atoms with van der Waals surface area (Å²) >= 11 is 0. The first kappa shape index (κ1) is 11.6. The Balaban J connectivity index is 2.62. The lowest BCUT2D eigenvalue weighted by Gasteiger charge is -2.33. The summed E-state index contributed by atoms with van der Waals surface area (Å²) in [5.41, 5.74) is 0.503. The van der Waals surface area contributed by atoms with Gasteiger partial charge in [-0.25, -0.2) is 0 Å². The zero-order valence-corrected chi connectivity index (χ0v) is 9.98. The van der Waals surface area contributed by atoms with E-state index in [1.807, 2.05) is 6.92 Å². The van der Waals surface area contributed by atoms with Crippen LogP contribution in [0.5, 0.6) is 0 Å². The molecule has 0 aromatic rings. The molecule has 1 rings (SSSR count). The van der Waals surface area contributed by atoms with Gasteiger partial charge in [-0.1, -0.05) is 20.3 Å². The fourth-order valence-corrected chi connectivity index (χ4v) is 2.76. The molecule has 1 saturated carbocycles. The number of hydrogen-bond donors (Lipinski definition) is 1. The average molecular weight is 193 g/mol. The van der Waals surface area contributed by atoms with Crippen LogP contribution in [-0.4, -0.2) is 13.1 Å². The van der Waals surface area contributed by atoms with E-state index in [9.17, 15) is 0 Å². The van der Waals surface area contributed by atoms with Crippen LogP contribution < -0.4 is 5.32 Å². The van der Waals surface area contributed by atoms with Crippen molar-refractivity contribution >= 4 is 0 Å². The molecule has 0 heterocycles. The summed E-state index contributed by atoms with van der Waals surface area (Å²) in [6, 6.07) is 0.583. The molecule has 0 spiro atoms. The van der Waals surface area contributed by atoms with Gasteiger partial charge in [0.1, 0.15) is 0 Å². The van der Waals surface area contributed by atoms with Crippen molar-refractivity contribution in [1.29, 1.82) is 0 Å². The molecular weight excluding hydrogens is 170 g/mol. The minimum Gasteiger partial charge on any atom is -0.316 e. The molecule has 1 aliphatic carbocycles. The lowest BCUT2D eigenvalue weighted by atomic mass is 9.76. The maximum atomic E-state index is 3.43. The Hall–Kier alpha value is -0.480. The fraction of sp³-hybridized carbons (Fsp3) is 0.846. The molecule has 1 N–H and O–H groups in total. The molecule has 1 aliphatic rings. The van der Waals surface area contributed by atoms with Gasteiger partial charge in [0.2, 0.25) is 0 Å². The Bertz CT molecular complexity index is 231. The van der Waals surface area contributed by atoms with Gasteiger partial charge >= 0.3 is 0 Å². The summed E-state index contributed by atoms with van der Waals surface area (Å²) in [5.74, 6) is 6.99. The first-order valence-electron chi connectivity index (χ1n) is 5.68. The molecule has 1 fully saturated rings. The van der Waals surface area contributed by atoms with Crippen LogP contribution in [-0.2, 0) is 0 Å². The summed E-state index contributed by atoms with van der Waals surface area (Å²) < 4.78 is 0. The second kappa shape index (κ2) is 4.84. The molecule has 0 aliphatic heterocycles. The summed E-state index contributed by atoms with van der Waals surface area (Å²) in [6.45, 7) is 6.72. The Morgan fingerprint density at radius 3 is 2.64 bits per heavy atom. The average Bonchev–Trinajstić information content (AvgIpc) is 2.48. The first-order chi connectivity index (χ1) is 6.61. The molecule has 0 radical (unpaired) electrons. The normalized spacial score (nSPS) is 26.7. The lowest BCUT2D eigenvalue weighted by Crippen LogP contribution is -2.38. The predicted molar refractivity (Wildman–Crippen MR) is 62.0 cm³/mol. The predicted octanol–water partition coefficient (Wildman–Crippen LogP) is 2.81. The molecular formula is C13H23N. The van der Waals surface area contributed by atoms with Crippen LogP contribution in [0.3, 0.4) is 0 Å². The van der Waals surface area contributed by atoms with E-state index in [2.05, 4.69) is 38.1 Å². The minimum atomic E-state index is 0.503. The van der Waals surface area contributed by atoms with Gasteiger partial charge in [0, 0.05) is 12.5 Å². The van der Waals surface area contributed by atoms with Crippen molar-refractivity contribution in [2.75, 3.05) is 7.05 Å². The van der Waals surface area contributed by atoms with Gasteiger partial charge in [0.15, 0.2) is 0 Å². The summed E-state index contributed by atoms with van der Waals surface area (Å²) in [6.07, 6.45) is 5.12. The van der Waals surface area contributed by atoms with E-state index in [1.54, 1.807) is 0 Å². The number of hydrogen-bond acceptors (Lipinski definition) is 1. The van der Waals surface area contributed by atoms with E-state index in [0.29, 0.717) is 11.5 Å². The SMILES string of the molecule is CC#CCC(NC)C1CCCC1(C)C. The van der Waals surface area contributed by atoms with Crippen molar-refractivity contribution in [3.63, 3.8) is 0 Å². The van der Waals surface area contributed by atoms with Gasteiger partial charge in [-0.05, 0) is 38.1 Å². The van der Waals surface area contributed by atoms with E-state index in [4.69, 9.17) is 0 Å². The molecule has 1 nitrogen and oxygen atoms in total. The highest BCUT2D eigenvalue weighted by molar-refractivity contribution is 5.02. The molecule has 80 valence electrons. The zero-order valence-electron chi connectivity index (χ0n) is 9.98. The third-order valence-corrected chi connectivity index (χ3v) is 3.70. The highest BCUT2D eigenvalue weighted by Gasteiger charge is 2.38. The monoisotopic (exact) mass is 193 g/mol. The van der Waals surface area contributed by atoms with E-state index in [0.717, 1.165) is 12.3 Å². The molecule has 14 heavy (non-hydrogen) atoms. The van der Waals surface area contributed by atoms with Crippen LogP contribution in [0.15, 0.2) is 0 Å². The van der Waals surface area contributed by atoms with Gasteiger partial charge in [-0.15, -0.1) is 11.8 Å². The second-order valence-electron chi connectivity index (χ2n) is 5.01. The van der Waals surface area contributed by atoms with Gasteiger partial charge in [0.25, 0.3) is 0 Å². The third kappa shape index (κ3) is 2.51. The largest absolute Gasteiger partial charge is 0.316 e. The first-order valence-corrected chi connectivity index (χ1v) is 5.68. The van der Waals surface area contributed by atoms with Crippen molar-refractivity contribution in [3.8, 4) is 11.8 Å². The van der Waals surface area contributed by atoms with Crippen LogP contribution in [0.25, 0.3) is 0 Å². The quantitative estimate of drug-likeness (QED) is 0.680. The van der Waals surface area contributed by atoms with Crippen molar-refractivity contribution in [1.82, 2.24) is 5.32 Å². The smallest absolute Gasteiger partial charge is 0.0246 e. The lowest BCUT2D eigenvalue weighted by molar-refractivity contribution is 0.204. The molecule has 0 bridgehead atoms. The van der Waals surface area contributed by atoms with E-state index in [1.165, 1.54) is 19.3 Å². The molecule has 0 aromatic heterocycles. The Morgan fingerprint density at radius 1 is 1.50 bits per heavy atom. The minimum absolute atomic E-state index is 0.503. The van der Waals surface area contributed by atoms with Gasteiger partial charge in [-0.2, -0.15) is 0 Å². The van der Waals surface area contributed by atoms with Crippen LogP contribution in [0, 0.1) is 23.2 Å². The highest BCUT2D eigenvalue weighted by Crippen LogP contribution is 2.44.